The van der Waals surface area contributed by atoms with Crippen LogP contribution in [-0.2, 0) is 11.2 Å². The van der Waals surface area contributed by atoms with Crippen molar-refractivity contribution in [3.8, 4) is 0 Å². The van der Waals surface area contributed by atoms with Gasteiger partial charge in [-0.3, -0.25) is 4.79 Å². The predicted molar refractivity (Wildman–Crippen MR) is 71.8 cm³/mol. The number of hydrogen-bond donors (Lipinski definition) is 3. The van der Waals surface area contributed by atoms with Crippen LogP contribution >= 0.6 is 15.9 Å². The number of aliphatic hydroxyl groups excluding tert-OH is 2. The van der Waals surface area contributed by atoms with Crippen molar-refractivity contribution in [3.05, 3.63) is 35.4 Å². The molecule has 1 aromatic carbocycles. The fourth-order valence-electron chi connectivity index (χ4n) is 1.77. The maximum atomic E-state index is 10.6. The lowest BCUT2D eigenvalue weighted by atomic mass is 9.95. The van der Waals surface area contributed by atoms with E-state index in [4.69, 9.17) is 5.11 Å². The highest BCUT2D eigenvalue weighted by Crippen LogP contribution is 2.24. The van der Waals surface area contributed by atoms with Gasteiger partial charge in [-0.25, -0.2) is 0 Å². The Morgan fingerprint density at radius 1 is 1.28 bits per heavy atom. The molecule has 3 N–H and O–H groups in total. The first kappa shape index (κ1) is 15.1. The van der Waals surface area contributed by atoms with Gasteiger partial charge in [-0.15, -0.1) is 0 Å². The van der Waals surface area contributed by atoms with Crippen molar-refractivity contribution in [1.82, 2.24) is 0 Å². The van der Waals surface area contributed by atoms with E-state index in [0.717, 1.165) is 5.56 Å². The summed E-state index contributed by atoms with van der Waals surface area (Å²) in [6, 6.07) is 7.07. The first-order chi connectivity index (χ1) is 8.56. The van der Waals surface area contributed by atoms with Gasteiger partial charge in [-0.2, -0.15) is 0 Å². The molecule has 18 heavy (non-hydrogen) atoms. The monoisotopic (exact) mass is 316 g/mol. The van der Waals surface area contributed by atoms with Gasteiger partial charge >= 0.3 is 5.97 Å². The zero-order valence-corrected chi connectivity index (χ0v) is 11.5. The minimum atomic E-state index is -0.979. The Balaban J connectivity index is 2.83. The molecular formula is C13H17BrO4. The molecule has 5 heteroatoms. The molecular weight excluding hydrogens is 300 g/mol. The van der Waals surface area contributed by atoms with Crippen molar-refractivity contribution >= 4 is 21.9 Å². The summed E-state index contributed by atoms with van der Waals surface area (Å²) in [4.78, 5) is 10.6. The second-order valence-electron chi connectivity index (χ2n) is 4.08. The third-order valence-electron chi connectivity index (χ3n) is 2.75. The summed E-state index contributed by atoms with van der Waals surface area (Å²) in [5, 5.41) is 29.1. The molecule has 0 amide bonds. The van der Waals surface area contributed by atoms with Crippen LogP contribution in [0.15, 0.2) is 24.3 Å². The van der Waals surface area contributed by atoms with Crippen LogP contribution in [0.4, 0.5) is 0 Å². The molecule has 0 aliphatic rings. The third kappa shape index (κ3) is 4.40. The zero-order valence-electron chi connectivity index (χ0n) is 9.92. The topological polar surface area (TPSA) is 77.8 Å². The lowest BCUT2D eigenvalue weighted by Crippen LogP contribution is -2.20. The fraction of sp³-hybridized carbons (Fsp3) is 0.462. The van der Waals surface area contributed by atoms with Gasteiger partial charge in [0.25, 0.3) is 0 Å². The standard InChI is InChI=1S/C13H17BrO4/c14-8-7-11(15)13(18)10-4-2-1-3-9(10)5-6-12(16)17/h1-4,11,13,15,18H,5-8H2,(H,16,17). The highest BCUT2D eigenvalue weighted by molar-refractivity contribution is 9.09. The normalized spacial score (nSPS) is 14.2. The molecule has 4 nitrogen and oxygen atoms in total. The maximum absolute atomic E-state index is 10.6. The van der Waals surface area contributed by atoms with Crippen LogP contribution in [0.25, 0.3) is 0 Å². The molecule has 1 rings (SSSR count). The quantitative estimate of drug-likeness (QED) is 0.671. The number of alkyl halides is 1. The summed E-state index contributed by atoms with van der Waals surface area (Å²) < 4.78 is 0. The molecule has 0 aromatic heterocycles. The minimum Gasteiger partial charge on any atom is -0.481 e. The number of aryl methyl sites for hydroxylation is 1. The van der Waals surface area contributed by atoms with Crippen molar-refractivity contribution in [2.45, 2.75) is 31.5 Å². The number of hydrogen-bond acceptors (Lipinski definition) is 3. The number of rotatable bonds is 7. The number of halogens is 1. The van der Waals surface area contributed by atoms with Crippen LogP contribution in [0.5, 0.6) is 0 Å². The van der Waals surface area contributed by atoms with E-state index >= 15 is 0 Å². The molecule has 0 radical (unpaired) electrons. The summed E-state index contributed by atoms with van der Waals surface area (Å²) in [5.41, 5.74) is 1.37. The van der Waals surface area contributed by atoms with Gasteiger partial charge in [-0.1, -0.05) is 40.2 Å². The van der Waals surface area contributed by atoms with E-state index < -0.39 is 18.2 Å². The van der Waals surface area contributed by atoms with Gasteiger partial charge in [0.2, 0.25) is 0 Å². The van der Waals surface area contributed by atoms with E-state index in [0.29, 0.717) is 23.7 Å². The second-order valence-corrected chi connectivity index (χ2v) is 4.88. The smallest absolute Gasteiger partial charge is 0.303 e. The summed E-state index contributed by atoms with van der Waals surface area (Å²) in [7, 11) is 0. The Labute approximate surface area is 114 Å². The van der Waals surface area contributed by atoms with E-state index in [-0.39, 0.29) is 6.42 Å². The molecule has 0 aliphatic carbocycles. The van der Waals surface area contributed by atoms with Gasteiger partial charge in [0, 0.05) is 11.8 Å². The molecule has 0 saturated heterocycles. The predicted octanol–water partition coefficient (Wildman–Crippen LogP) is 1.88. The average molecular weight is 317 g/mol. The first-order valence-corrected chi connectivity index (χ1v) is 6.90. The van der Waals surface area contributed by atoms with E-state index in [1.165, 1.54) is 0 Å². The summed E-state index contributed by atoms with van der Waals surface area (Å²) in [6.45, 7) is 0. The Kier molecular flexibility index (Phi) is 6.32. The number of aliphatic carboxylic acids is 1. The molecule has 0 fully saturated rings. The molecule has 0 aliphatic heterocycles. The number of carboxylic acids is 1. The van der Waals surface area contributed by atoms with Gasteiger partial charge < -0.3 is 15.3 Å². The molecule has 2 unspecified atom stereocenters. The minimum absolute atomic E-state index is 0.0122. The van der Waals surface area contributed by atoms with Crippen molar-refractivity contribution < 1.29 is 20.1 Å². The summed E-state index contributed by atoms with van der Waals surface area (Å²) >= 11 is 3.21. The van der Waals surface area contributed by atoms with Gasteiger partial charge in [0.1, 0.15) is 6.10 Å². The van der Waals surface area contributed by atoms with Crippen LogP contribution < -0.4 is 0 Å². The Bertz CT molecular complexity index is 394. The van der Waals surface area contributed by atoms with E-state index in [9.17, 15) is 15.0 Å². The van der Waals surface area contributed by atoms with Gasteiger partial charge in [0.05, 0.1) is 6.10 Å². The molecule has 0 bridgehead atoms. The molecule has 2 atom stereocenters. The number of carboxylic acid groups (broad SMARTS) is 1. The SMILES string of the molecule is O=C(O)CCc1ccccc1C(O)C(O)CCBr. The highest BCUT2D eigenvalue weighted by Gasteiger charge is 2.20. The van der Waals surface area contributed by atoms with Crippen LogP contribution in [0, 0.1) is 0 Å². The lowest BCUT2D eigenvalue weighted by molar-refractivity contribution is -0.136. The number of aliphatic hydroxyl groups is 2. The van der Waals surface area contributed by atoms with E-state index in [1.807, 2.05) is 0 Å². The summed E-state index contributed by atoms with van der Waals surface area (Å²) in [5.74, 6) is -0.875. The van der Waals surface area contributed by atoms with E-state index in [2.05, 4.69) is 15.9 Å². The maximum Gasteiger partial charge on any atom is 0.303 e. The Hall–Kier alpha value is -0.910. The van der Waals surface area contributed by atoms with Crippen LogP contribution in [0.3, 0.4) is 0 Å². The Morgan fingerprint density at radius 3 is 2.56 bits per heavy atom. The average Bonchev–Trinajstić information content (AvgIpc) is 2.36. The third-order valence-corrected chi connectivity index (χ3v) is 3.21. The molecule has 1 aromatic rings. The zero-order chi connectivity index (χ0) is 13.5. The molecule has 0 spiro atoms. The Morgan fingerprint density at radius 2 is 1.94 bits per heavy atom. The number of benzene rings is 1. The molecule has 0 heterocycles. The highest BCUT2D eigenvalue weighted by atomic mass is 79.9. The molecule has 100 valence electrons. The second kappa shape index (κ2) is 7.51. The lowest BCUT2D eigenvalue weighted by Gasteiger charge is -2.20. The largest absolute Gasteiger partial charge is 0.481 e. The van der Waals surface area contributed by atoms with Crippen LogP contribution in [0.2, 0.25) is 0 Å². The fourth-order valence-corrected chi connectivity index (χ4v) is 2.24. The van der Waals surface area contributed by atoms with Crippen molar-refractivity contribution in [1.29, 1.82) is 0 Å². The molecule has 0 saturated carbocycles. The van der Waals surface area contributed by atoms with Crippen molar-refractivity contribution in [3.63, 3.8) is 0 Å². The van der Waals surface area contributed by atoms with Crippen LogP contribution in [-0.4, -0.2) is 32.7 Å². The first-order valence-electron chi connectivity index (χ1n) is 5.78. The van der Waals surface area contributed by atoms with Gasteiger partial charge in [0.15, 0.2) is 0 Å². The van der Waals surface area contributed by atoms with Crippen LogP contribution in [0.1, 0.15) is 30.1 Å². The van der Waals surface area contributed by atoms with Gasteiger partial charge in [-0.05, 0) is 24.0 Å². The van der Waals surface area contributed by atoms with Crippen molar-refractivity contribution in [2.24, 2.45) is 0 Å². The summed E-state index contributed by atoms with van der Waals surface area (Å²) in [6.07, 6.45) is -1.03. The number of carbonyl (C=O) groups is 1. The van der Waals surface area contributed by atoms with E-state index in [1.54, 1.807) is 24.3 Å². The van der Waals surface area contributed by atoms with Crippen molar-refractivity contribution in [2.75, 3.05) is 5.33 Å².